The van der Waals surface area contributed by atoms with Crippen LogP contribution in [0.3, 0.4) is 0 Å². The lowest BCUT2D eigenvalue weighted by Gasteiger charge is -2.19. The summed E-state index contributed by atoms with van der Waals surface area (Å²) in [4.78, 5) is 6.76. The number of halogens is 1. The van der Waals surface area contributed by atoms with E-state index in [2.05, 4.69) is 22.0 Å². The van der Waals surface area contributed by atoms with Gasteiger partial charge >= 0.3 is 0 Å². The molecule has 0 unspecified atom stereocenters. The minimum atomic E-state index is -0.196. The van der Waals surface area contributed by atoms with E-state index < -0.39 is 0 Å². The van der Waals surface area contributed by atoms with Crippen molar-refractivity contribution in [3.63, 3.8) is 0 Å². The Morgan fingerprint density at radius 3 is 2.67 bits per heavy atom. The van der Waals surface area contributed by atoms with Crippen LogP contribution in [0.5, 0.6) is 0 Å². The molecule has 1 aliphatic carbocycles. The lowest BCUT2D eigenvalue weighted by atomic mass is 10.2. The van der Waals surface area contributed by atoms with Crippen LogP contribution in [0.25, 0.3) is 0 Å². The van der Waals surface area contributed by atoms with Gasteiger partial charge in [-0.3, -0.25) is 4.90 Å². The second kappa shape index (κ2) is 6.35. The third-order valence-corrected chi connectivity index (χ3v) is 3.68. The van der Waals surface area contributed by atoms with Gasteiger partial charge in [-0.2, -0.15) is 4.98 Å². The summed E-state index contributed by atoms with van der Waals surface area (Å²) in [6.07, 6.45) is 4.28. The Hall–Kier alpha value is -1.75. The van der Waals surface area contributed by atoms with Gasteiger partial charge in [0.2, 0.25) is 5.89 Å². The monoisotopic (exact) mass is 289 g/mol. The zero-order chi connectivity index (χ0) is 14.7. The molecule has 1 aromatic heterocycles. The fourth-order valence-electron chi connectivity index (χ4n) is 2.43. The van der Waals surface area contributed by atoms with Crippen molar-refractivity contribution in [3.05, 3.63) is 47.4 Å². The smallest absolute Gasteiger partial charge is 0.240 e. The highest BCUT2D eigenvalue weighted by Gasteiger charge is 2.30. The van der Waals surface area contributed by atoms with Crippen LogP contribution in [0.15, 0.2) is 28.8 Å². The van der Waals surface area contributed by atoms with E-state index in [9.17, 15) is 4.39 Å². The Labute approximate surface area is 124 Å². The van der Waals surface area contributed by atoms with E-state index in [0.29, 0.717) is 18.5 Å². The first-order valence-electron chi connectivity index (χ1n) is 7.54. The molecule has 21 heavy (non-hydrogen) atoms. The summed E-state index contributed by atoms with van der Waals surface area (Å²) in [7, 11) is 0. The summed E-state index contributed by atoms with van der Waals surface area (Å²) < 4.78 is 18.3. The first-order valence-corrected chi connectivity index (χ1v) is 7.54. The zero-order valence-electron chi connectivity index (χ0n) is 12.3. The molecule has 0 amide bonds. The Morgan fingerprint density at radius 2 is 2.00 bits per heavy atom. The number of aromatic nitrogens is 2. The number of hydrogen-bond donors (Lipinski definition) is 0. The number of hydrogen-bond acceptors (Lipinski definition) is 4. The molecular weight excluding hydrogens is 269 g/mol. The first-order chi connectivity index (χ1) is 10.2. The number of rotatable bonds is 7. The molecule has 1 heterocycles. The molecule has 0 N–H and O–H groups in total. The largest absolute Gasteiger partial charge is 0.338 e. The van der Waals surface area contributed by atoms with E-state index in [1.807, 2.05) is 12.1 Å². The first kappa shape index (κ1) is 14.2. The summed E-state index contributed by atoms with van der Waals surface area (Å²) >= 11 is 0. The van der Waals surface area contributed by atoms with E-state index in [-0.39, 0.29) is 5.82 Å². The van der Waals surface area contributed by atoms with Crippen molar-refractivity contribution in [3.8, 4) is 0 Å². The van der Waals surface area contributed by atoms with E-state index in [1.54, 1.807) is 0 Å². The molecule has 2 aromatic rings. The molecule has 0 atom stereocenters. The third-order valence-electron chi connectivity index (χ3n) is 3.68. The topological polar surface area (TPSA) is 42.2 Å². The third kappa shape index (κ3) is 3.88. The van der Waals surface area contributed by atoms with Crippen molar-refractivity contribution < 1.29 is 8.91 Å². The lowest BCUT2D eigenvalue weighted by molar-refractivity contribution is 0.209. The molecule has 1 fully saturated rings. The van der Waals surface area contributed by atoms with Gasteiger partial charge in [0.25, 0.3) is 0 Å². The molecule has 5 heteroatoms. The standard InChI is InChI=1S/C16H20FN3O/c1-2-3-15-18-16(21-19-15)11-20(14-8-9-14)10-12-4-6-13(17)7-5-12/h4-7,14H,2-3,8-11H2,1H3. The van der Waals surface area contributed by atoms with Crippen molar-refractivity contribution in [2.24, 2.45) is 0 Å². The molecule has 1 aromatic carbocycles. The molecule has 0 spiro atoms. The van der Waals surface area contributed by atoms with E-state index in [4.69, 9.17) is 4.52 Å². The maximum absolute atomic E-state index is 13.0. The van der Waals surface area contributed by atoms with E-state index >= 15 is 0 Å². The Bertz CT molecular complexity index is 577. The molecule has 1 aliphatic rings. The van der Waals surface area contributed by atoms with Gasteiger partial charge in [0.05, 0.1) is 6.54 Å². The van der Waals surface area contributed by atoms with Crippen LogP contribution in [-0.2, 0) is 19.5 Å². The number of benzene rings is 1. The predicted octanol–water partition coefficient (Wildman–Crippen LogP) is 3.33. The second-order valence-corrected chi connectivity index (χ2v) is 5.62. The average Bonchev–Trinajstić information content (AvgIpc) is 3.23. The SMILES string of the molecule is CCCc1noc(CN(Cc2ccc(F)cc2)C2CC2)n1. The summed E-state index contributed by atoms with van der Waals surface area (Å²) in [6, 6.07) is 7.26. The van der Waals surface area contributed by atoms with Crippen molar-refractivity contribution in [2.75, 3.05) is 0 Å². The van der Waals surface area contributed by atoms with Gasteiger partial charge in [-0.25, -0.2) is 4.39 Å². The van der Waals surface area contributed by atoms with Gasteiger partial charge in [-0.05, 0) is 37.0 Å². The van der Waals surface area contributed by atoms with Crippen molar-refractivity contribution in [1.82, 2.24) is 15.0 Å². The van der Waals surface area contributed by atoms with Crippen LogP contribution < -0.4 is 0 Å². The molecule has 0 bridgehead atoms. The number of aryl methyl sites for hydroxylation is 1. The van der Waals surface area contributed by atoms with Crippen molar-refractivity contribution in [1.29, 1.82) is 0 Å². The molecule has 0 saturated heterocycles. The highest BCUT2D eigenvalue weighted by molar-refractivity contribution is 5.16. The van der Waals surface area contributed by atoms with Gasteiger partial charge in [0.1, 0.15) is 5.82 Å². The second-order valence-electron chi connectivity index (χ2n) is 5.62. The zero-order valence-corrected chi connectivity index (χ0v) is 12.3. The van der Waals surface area contributed by atoms with Gasteiger partial charge < -0.3 is 4.52 Å². The van der Waals surface area contributed by atoms with Gasteiger partial charge in [0.15, 0.2) is 5.82 Å². The molecule has 0 radical (unpaired) electrons. The van der Waals surface area contributed by atoms with Gasteiger partial charge in [-0.1, -0.05) is 24.2 Å². The Balaban J connectivity index is 1.65. The van der Waals surface area contributed by atoms with Crippen LogP contribution in [0.2, 0.25) is 0 Å². The summed E-state index contributed by atoms with van der Waals surface area (Å²) in [5, 5.41) is 3.99. The molecular formula is C16H20FN3O. The maximum atomic E-state index is 13.0. The normalized spacial score (nSPS) is 14.8. The fourth-order valence-corrected chi connectivity index (χ4v) is 2.43. The molecule has 3 rings (SSSR count). The van der Waals surface area contributed by atoms with Crippen LogP contribution in [0, 0.1) is 5.82 Å². The fraction of sp³-hybridized carbons (Fsp3) is 0.500. The van der Waals surface area contributed by atoms with E-state index in [1.165, 1.54) is 25.0 Å². The van der Waals surface area contributed by atoms with Crippen molar-refractivity contribution in [2.45, 2.75) is 51.7 Å². The molecule has 1 saturated carbocycles. The quantitative estimate of drug-likeness (QED) is 0.784. The van der Waals surface area contributed by atoms with Crippen LogP contribution >= 0.6 is 0 Å². The minimum Gasteiger partial charge on any atom is -0.338 e. The van der Waals surface area contributed by atoms with Gasteiger partial charge in [-0.15, -0.1) is 0 Å². The molecule has 4 nitrogen and oxygen atoms in total. The summed E-state index contributed by atoms with van der Waals surface area (Å²) in [5.74, 6) is 1.26. The molecule has 112 valence electrons. The van der Waals surface area contributed by atoms with Crippen molar-refractivity contribution >= 4 is 0 Å². The predicted molar refractivity (Wildman–Crippen MR) is 77.0 cm³/mol. The highest BCUT2D eigenvalue weighted by atomic mass is 19.1. The average molecular weight is 289 g/mol. The number of nitrogens with zero attached hydrogens (tertiary/aromatic N) is 3. The van der Waals surface area contributed by atoms with Crippen LogP contribution in [0.1, 0.15) is 43.5 Å². The minimum absolute atomic E-state index is 0.196. The van der Waals surface area contributed by atoms with E-state index in [0.717, 1.165) is 30.8 Å². The summed E-state index contributed by atoms with van der Waals surface area (Å²) in [6.45, 7) is 3.55. The molecule has 0 aliphatic heterocycles. The van der Waals surface area contributed by atoms with Crippen LogP contribution in [0.4, 0.5) is 4.39 Å². The highest BCUT2D eigenvalue weighted by Crippen LogP contribution is 2.29. The summed E-state index contributed by atoms with van der Waals surface area (Å²) in [5.41, 5.74) is 1.11. The van der Waals surface area contributed by atoms with Gasteiger partial charge in [0, 0.05) is 19.0 Å². The van der Waals surface area contributed by atoms with Crippen LogP contribution in [-0.4, -0.2) is 21.1 Å². The Kier molecular flexibility index (Phi) is 4.29. The Morgan fingerprint density at radius 1 is 1.24 bits per heavy atom. The maximum Gasteiger partial charge on any atom is 0.240 e. The lowest BCUT2D eigenvalue weighted by Crippen LogP contribution is -2.25.